The summed E-state index contributed by atoms with van der Waals surface area (Å²) in [5.41, 5.74) is 2.76. The number of benzene rings is 1. The standard InChI is InChI=1S/C25H22FN7O/c1-3-20-24(34)31(2)21-15-29-25(30-23(21)33(20)19-6-4-5-16(13-19)14-27)32-12-11-28-22(32)17-7-9-18(26)10-8-17/h6-13,15,20H,3-5H2,1-2H3. The van der Waals surface area contributed by atoms with E-state index in [2.05, 4.69) is 16.0 Å². The van der Waals surface area contributed by atoms with E-state index >= 15 is 0 Å². The van der Waals surface area contributed by atoms with Gasteiger partial charge >= 0.3 is 0 Å². The van der Waals surface area contributed by atoms with Gasteiger partial charge in [-0.1, -0.05) is 13.0 Å². The van der Waals surface area contributed by atoms with Crippen molar-refractivity contribution in [2.24, 2.45) is 0 Å². The first-order valence-corrected chi connectivity index (χ1v) is 11.1. The highest BCUT2D eigenvalue weighted by Crippen LogP contribution is 2.39. The summed E-state index contributed by atoms with van der Waals surface area (Å²) >= 11 is 0. The maximum Gasteiger partial charge on any atom is 0.249 e. The number of hydrogen-bond donors (Lipinski definition) is 0. The lowest BCUT2D eigenvalue weighted by molar-refractivity contribution is -0.119. The maximum absolute atomic E-state index is 13.4. The molecule has 1 aromatic carbocycles. The van der Waals surface area contributed by atoms with E-state index in [-0.39, 0.29) is 11.7 Å². The molecule has 1 aliphatic carbocycles. The second-order valence-corrected chi connectivity index (χ2v) is 8.15. The molecule has 2 aromatic heterocycles. The topological polar surface area (TPSA) is 90.9 Å². The molecule has 0 bridgehead atoms. The Labute approximate surface area is 196 Å². The van der Waals surface area contributed by atoms with Crippen molar-refractivity contribution in [3.8, 4) is 23.4 Å². The van der Waals surface area contributed by atoms with Gasteiger partial charge in [-0.05, 0) is 49.6 Å². The normalized spacial score (nSPS) is 17.7. The highest BCUT2D eigenvalue weighted by atomic mass is 19.1. The largest absolute Gasteiger partial charge is 0.312 e. The molecule has 1 unspecified atom stereocenters. The molecular weight excluding hydrogens is 433 g/mol. The third-order valence-electron chi connectivity index (χ3n) is 6.11. The van der Waals surface area contributed by atoms with E-state index in [4.69, 9.17) is 4.98 Å². The molecule has 0 fully saturated rings. The van der Waals surface area contributed by atoms with Crippen LogP contribution >= 0.6 is 0 Å². The van der Waals surface area contributed by atoms with Crippen molar-refractivity contribution in [3.63, 3.8) is 0 Å². The molecule has 1 aliphatic heterocycles. The van der Waals surface area contributed by atoms with Crippen LogP contribution in [0.4, 0.5) is 15.9 Å². The summed E-state index contributed by atoms with van der Waals surface area (Å²) in [5.74, 6) is 1.14. The Kier molecular flexibility index (Phi) is 5.42. The molecule has 0 saturated heterocycles. The number of allylic oxidation sites excluding steroid dienone is 3. The van der Waals surface area contributed by atoms with Crippen LogP contribution in [-0.4, -0.2) is 38.5 Å². The zero-order valence-corrected chi connectivity index (χ0v) is 18.8. The molecule has 2 aliphatic rings. The number of amides is 1. The van der Waals surface area contributed by atoms with Crippen LogP contribution in [-0.2, 0) is 4.79 Å². The summed E-state index contributed by atoms with van der Waals surface area (Å²) in [7, 11) is 1.72. The Morgan fingerprint density at radius 1 is 1.24 bits per heavy atom. The van der Waals surface area contributed by atoms with E-state index in [1.807, 2.05) is 24.0 Å². The van der Waals surface area contributed by atoms with Gasteiger partial charge in [0.15, 0.2) is 5.82 Å². The minimum absolute atomic E-state index is 0.0561. The van der Waals surface area contributed by atoms with E-state index in [0.29, 0.717) is 41.7 Å². The van der Waals surface area contributed by atoms with E-state index in [1.54, 1.807) is 47.2 Å². The minimum Gasteiger partial charge on any atom is -0.312 e. The van der Waals surface area contributed by atoms with Gasteiger partial charge in [0.25, 0.3) is 0 Å². The van der Waals surface area contributed by atoms with Crippen LogP contribution in [0.3, 0.4) is 0 Å². The highest BCUT2D eigenvalue weighted by Gasteiger charge is 2.39. The number of fused-ring (bicyclic) bond motifs is 1. The molecule has 8 nitrogen and oxygen atoms in total. The number of imidazole rings is 1. The first-order chi connectivity index (χ1) is 16.5. The fraction of sp³-hybridized carbons (Fsp3) is 0.240. The monoisotopic (exact) mass is 455 g/mol. The number of halogens is 1. The van der Waals surface area contributed by atoms with E-state index in [0.717, 1.165) is 17.7 Å². The summed E-state index contributed by atoms with van der Waals surface area (Å²) in [4.78, 5) is 30.5. The van der Waals surface area contributed by atoms with Crippen LogP contribution in [0.2, 0.25) is 0 Å². The van der Waals surface area contributed by atoms with Crippen LogP contribution in [0.25, 0.3) is 17.3 Å². The first kappa shape index (κ1) is 21.5. The van der Waals surface area contributed by atoms with Gasteiger partial charge in [-0.2, -0.15) is 10.2 Å². The number of nitriles is 1. The Morgan fingerprint density at radius 3 is 2.76 bits per heavy atom. The molecule has 34 heavy (non-hydrogen) atoms. The Hall–Kier alpha value is -4.32. The van der Waals surface area contributed by atoms with Gasteiger partial charge in [-0.25, -0.2) is 14.4 Å². The molecule has 1 atom stereocenters. The Morgan fingerprint density at radius 2 is 2.03 bits per heavy atom. The van der Waals surface area contributed by atoms with Gasteiger partial charge in [0.05, 0.1) is 12.3 Å². The quantitative estimate of drug-likeness (QED) is 0.587. The number of hydrogen-bond acceptors (Lipinski definition) is 6. The van der Waals surface area contributed by atoms with Crippen molar-refractivity contribution in [2.75, 3.05) is 16.8 Å². The summed E-state index contributed by atoms with van der Waals surface area (Å²) in [6.07, 6.45) is 10.8. The Bertz CT molecular complexity index is 1370. The number of aromatic nitrogens is 4. The van der Waals surface area contributed by atoms with E-state index in [1.165, 1.54) is 12.1 Å². The van der Waals surface area contributed by atoms with Crippen LogP contribution in [0, 0.1) is 17.1 Å². The fourth-order valence-corrected chi connectivity index (χ4v) is 4.37. The molecule has 5 rings (SSSR count). The van der Waals surface area contributed by atoms with Gasteiger partial charge in [-0.3, -0.25) is 9.36 Å². The highest BCUT2D eigenvalue weighted by molar-refractivity contribution is 6.05. The zero-order valence-electron chi connectivity index (χ0n) is 18.8. The molecule has 0 spiro atoms. The molecule has 0 saturated carbocycles. The van der Waals surface area contributed by atoms with E-state index in [9.17, 15) is 14.4 Å². The van der Waals surface area contributed by atoms with Crippen molar-refractivity contribution in [3.05, 3.63) is 72.1 Å². The fourth-order valence-electron chi connectivity index (χ4n) is 4.37. The van der Waals surface area contributed by atoms with Crippen LogP contribution in [0.15, 0.2) is 66.3 Å². The molecule has 0 radical (unpaired) electrons. The van der Waals surface area contributed by atoms with Crippen molar-refractivity contribution < 1.29 is 9.18 Å². The Balaban J connectivity index is 1.65. The number of carbonyl (C=O) groups is 1. The van der Waals surface area contributed by atoms with Crippen molar-refractivity contribution in [1.82, 2.24) is 19.5 Å². The van der Waals surface area contributed by atoms with Crippen LogP contribution < -0.4 is 9.80 Å². The number of rotatable bonds is 4. The summed E-state index contributed by atoms with van der Waals surface area (Å²) in [6.45, 7) is 1.96. The average Bonchev–Trinajstić information content (AvgIpc) is 3.36. The number of anilines is 2. The minimum atomic E-state index is -0.458. The predicted octanol–water partition coefficient (Wildman–Crippen LogP) is 4.16. The second-order valence-electron chi connectivity index (χ2n) is 8.15. The summed E-state index contributed by atoms with van der Waals surface area (Å²) in [5, 5.41) is 9.45. The molecule has 0 N–H and O–H groups in total. The molecule has 3 heterocycles. The van der Waals surface area contributed by atoms with Crippen molar-refractivity contribution >= 4 is 17.4 Å². The number of likely N-dealkylation sites (N-methyl/N-ethyl adjacent to an activating group) is 1. The predicted molar refractivity (Wildman–Crippen MR) is 126 cm³/mol. The number of carbonyl (C=O) groups excluding carboxylic acids is 1. The van der Waals surface area contributed by atoms with Crippen LogP contribution in [0.1, 0.15) is 26.2 Å². The smallest absolute Gasteiger partial charge is 0.249 e. The second kappa shape index (κ2) is 8.56. The molecule has 170 valence electrons. The lowest BCUT2D eigenvalue weighted by atomic mass is 10.00. The third kappa shape index (κ3) is 3.53. The molecule has 3 aromatic rings. The zero-order chi connectivity index (χ0) is 23.8. The third-order valence-corrected chi connectivity index (χ3v) is 6.11. The summed E-state index contributed by atoms with van der Waals surface area (Å²) in [6, 6.07) is 7.85. The lowest BCUT2D eigenvalue weighted by Gasteiger charge is -2.41. The van der Waals surface area contributed by atoms with Crippen LogP contribution in [0.5, 0.6) is 0 Å². The first-order valence-electron chi connectivity index (χ1n) is 11.1. The molecular formula is C25H22FN7O. The van der Waals surface area contributed by atoms with Gasteiger partial charge in [0.2, 0.25) is 11.9 Å². The maximum atomic E-state index is 13.4. The molecule has 1 amide bonds. The SMILES string of the molecule is CCC1C(=O)N(C)c2cnc(-n3ccnc3-c3ccc(F)cc3)nc2N1C1=CCCC(C#N)=C1. The lowest BCUT2D eigenvalue weighted by Crippen LogP contribution is -2.52. The van der Waals surface area contributed by atoms with Gasteiger partial charge in [-0.15, -0.1) is 0 Å². The van der Waals surface area contributed by atoms with Gasteiger partial charge in [0, 0.05) is 36.3 Å². The van der Waals surface area contributed by atoms with Crippen molar-refractivity contribution in [1.29, 1.82) is 5.26 Å². The average molecular weight is 455 g/mol. The number of nitrogens with zero attached hydrogens (tertiary/aromatic N) is 7. The van der Waals surface area contributed by atoms with Crippen molar-refractivity contribution in [2.45, 2.75) is 32.2 Å². The molecule has 9 heteroatoms. The van der Waals surface area contributed by atoms with Gasteiger partial charge in [0.1, 0.15) is 23.4 Å². The summed E-state index contributed by atoms with van der Waals surface area (Å²) < 4.78 is 15.2. The van der Waals surface area contributed by atoms with E-state index < -0.39 is 6.04 Å². The van der Waals surface area contributed by atoms with Gasteiger partial charge < -0.3 is 9.80 Å².